The van der Waals surface area contributed by atoms with Gasteiger partial charge in [0.1, 0.15) is 0 Å². The molecule has 0 aliphatic carbocycles. The maximum Gasteiger partial charge on any atom is 0.248 e. The molecule has 1 heterocycles. The normalized spacial score (nSPS) is 11.8. The van der Waals surface area contributed by atoms with E-state index >= 15 is 0 Å². The van der Waals surface area contributed by atoms with Crippen molar-refractivity contribution in [2.45, 2.75) is 5.03 Å². The van der Waals surface area contributed by atoms with E-state index in [4.69, 9.17) is 9.79 Å². The van der Waals surface area contributed by atoms with Crippen LogP contribution in [0.4, 0.5) is 0 Å². The third-order valence-corrected chi connectivity index (χ3v) is 3.33. The second-order valence-electron chi connectivity index (χ2n) is 1.50. The van der Waals surface area contributed by atoms with Gasteiger partial charge < -0.3 is 9.79 Å². The van der Waals surface area contributed by atoms with Gasteiger partial charge in [-0.2, -0.15) is 5.10 Å². The summed E-state index contributed by atoms with van der Waals surface area (Å²) in [7, 11) is 0. The molecule has 0 fully saturated rings. The third kappa shape index (κ3) is 2.81. The molecule has 3 N–H and O–H groups in total. The first-order chi connectivity index (χ1) is 4.58. The van der Waals surface area contributed by atoms with Crippen LogP contribution < -0.4 is 0 Å². The van der Waals surface area contributed by atoms with Crippen LogP contribution >= 0.6 is 17.1 Å². The van der Waals surface area contributed by atoms with Gasteiger partial charge in [0.15, 0.2) is 0 Å². The summed E-state index contributed by atoms with van der Waals surface area (Å²) in [5.41, 5.74) is -3.18. The number of aromatic nitrogens is 2. The first kappa shape index (κ1) is 8.23. The number of aromatic amines is 1. The van der Waals surface area contributed by atoms with Gasteiger partial charge in [-0.1, -0.05) is 0 Å². The molecule has 0 aliphatic heterocycles. The molecule has 10 heavy (non-hydrogen) atoms. The van der Waals surface area contributed by atoms with Crippen molar-refractivity contribution in [3.05, 3.63) is 12.3 Å². The Morgan fingerprint density at radius 3 is 2.80 bits per heavy atom. The maximum absolute atomic E-state index is 8.79. The first-order valence-electron chi connectivity index (χ1n) is 2.32. The number of hydrogen-bond acceptors (Lipinski definition) is 3. The fourth-order valence-electron chi connectivity index (χ4n) is 0.422. The molecule has 4 nitrogen and oxygen atoms in total. The molecule has 0 amide bonds. The van der Waals surface area contributed by atoms with E-state index in [1.807, 2.05) is 0 Å². The fourth-order valence-corrected chi connectivity index (χ4v) is 2.69. The van der Waals surface area contributed by atoms with Gasteiger partial charge in [-0.15, -0.1) is 0 Å². The van der Waals surface area contributed by atoms with Crippen molar-refractivity contribution in [3.63, 3.8) is 0 Å². The van der Waals surface area contributed by atoms with Gasteiger partial charge in [0.05, 0.1) is 5.03 Å². The Morgan fingerprint density at radius 2 is 2.40 bits per heavy atom. The minimum atomic E-state index is -3.18. The van der Waals surface area contributed by atoms with E-state index < -0.39 is 5.69 Å². The van der Waals surface area contributed by atoms with E-state index in [2.05, 4.69) is 22.0 Å². The zero-order valence-electron chi connectivity index (χ0n) is 4.76. The van der Waals surface area contributed by atoms with Gasteiger partial charge in [-0.3, -0.25) is 5.10 Å². The molecule has 0 spiro atoms. The highest BCUT2D eigenvalue weighted by Crippen LogP contribution is 2.53. The van der Waals surface area contributed by atoms with Crippen molar-refractivity contribution in [2.24, 2.45) is 0 Å². The van der Waals surface area contributed by atoms with Crippen LogP contribution in [0.15, 0.2) is 17.3 Å². The molecule has 0 aliphatic rings. The van der Waals surface area contributed by atoms with Crippen LogP contribution in [0.3, 0.4) is 0 Å². The molecule has 0 saturated carbocycles. The zero-order chi connectivity index (χ0) is 7.61. The molecule has 1 aromatic heterocycles. The Balaban J connectivity index is 2.66. The molecule has 7 heteroatoms. The minimum absolute atomic E-state index is 0.577. The average molecular weight is 196 g/mol. The summed E-state index contributed by atoms with van der Waals surface area (Å²) in [6, 6.07) is 1.62. The average Bonchev–Trinajstić information content (AvgIpc) is 2.12. The highest BCUT2D eigenvalue weighted by atomic mass is 32.9. The van der Waals surface area contributed by atoms with Gasteiger partial charge in [-0.25, -0.2) is 0 Å². The summed E-state index contributed by atoms with van der Waals surface area (Å²) in [5.74, 6) is 0. The summed E-state index contributed by atoms with van der Waals surface area (Å²) in [6.07, 6.45) is 1.52. The summed E-state index contributed by atoms with van der Waals surface area (Å²) < 4.78 is 0. The summed E-state index contributed by atoms with van der Waals surface area (Å²) in [6.45, 7) is 0. The molecule has 0 bridgehead atoms. The lowest BCUT2D eigenvalue weighted by molar-refractivity contribution is 0.502. The van der Waals surface area contributed by atoms with Gasteiger partial charge in [0, 0.05) is 6.20 Å². The van der Waals surface area contributed by atoms with Crippen molar-refractivity contribution in [2.75, 3.05) is 0 Å². The van der Waals surface area contributed by atoms with Crippen LogP contribution in [0.5, 0.6) is 0 Å². The number of nitrogens with zero attached hydrogens (tertiary/aromatic N) is 1. The van der Waals surface area contributed by atoms with Crippen LogP contribution in [0.1, 0.15) is 0 Å². The van der Waals surface area contributed by atoms with Crippen molar-refractivity contribution in [1.29, 1.82) is 0 Å². The first-order valence-corrected chi connectivity index (χ1v) is 6.45. The Labute approximate surface area is 66.6 Å². The molecule has 1 aromatic rings. The predicted molar refractivity (Wildman–Crippen MR) is 43.2 cm³/mol. The highest BCUT2D eigenvalue weighted by Gasteiger charge is 2.09. The van der Waals surface area contributed by atoms with E-state index in [-0.39, 0.29) is 0 Å². The van der Waals surface area contributed by atoms with Gasteiger partial charge >= 0.3 is 0 Å². The molecule has 0 aromatic carbocycles. The quantitative estimate of drug-likeness (QED) is 0.608. The molecule has 0 atom stereocenters. The highest BCUT2D eigenvalue weighted by molar-refractivity contribution is 8.67. The van der Waals surface area contributed by atoms with E-state index in [0.717, 1.165) is 11.4 Å². The lowest BCUT2D eigenvalue weighted by atomic mass is 10.8. The van der Waals surface area contributed by atoms with Gasteiger partial charge in [0.2, 0.25) is 5.69 Å². The summed E-state index contributed by atoms with van der Waals surface area (Å²) >= 11 is 5.20. The van der Waals surface area contributed by atoms with E-state index in [0.29, 0.717) is 5.03 Å². The van der Waals surface area contributed by atoms with Crippen LogP contribution in [0.25, 0.3) is 0 Å². The van der Waals surface area contributed by atoms with Gasteiger partial charge in [-0.05, 0) is 29.3 Å². The molecule has 0 radical (unpaired) electrons. The molecule has 0 unspecified atom stereocenters. The SMILES string of the molecule is OP(O)(=S)Sc1ccn[nH]1. The fraction of sp³-hybridized carbons (Fsp3) is 0. The topological polar surface area (TPSA) is 69.1 Å². The third-order valence-electron chi connectivity index (χ3n) is 0.692. The van der Waals surface area contributed by atoms with E-state index in [1.54, 1.807) is 6.07 Å². The van der Waals surface area contributed by atoms with E-state index in [9.17, 15) is 0 Å². The maximum atomic E-state index is 8.79. The van der Waals surface area contributed by atoms with Crippen molar-refractivity contribution >= 4 is 28.9 Å². The lowest BCUT2D eigenvalue weighted by Crippen LogP contribution is -1.71. The number of nitrogens with one attached hydrogen (secondary N) is 1. The van der Waals surface area contributed by atoms with Gasteiger partial charge in [0.25, 0.3) is 0 Å². The summed E-state index contributed by atoms with van der Waals surface area (Å²) in [4.78, 5) is 17.6. The molecule has 56 valence electrons. The monoisotopic (exact) mass is 196 g/mol. The Hall–Kier alpha value is 0.130. The van der Waals surface area contributed by atoms with Crippen molar-refractivity contribution < 1.29 is 9.79 Å². The standard InChI is InChI=1S/C3H5N2O2PS2/c6-8(7,9)10-3-1-2-4-5-3/h1-2H,(H,4,5)(H2,6,7,9). The smallest absolute Gasteiger partial charge is 0.248 e. The Morgan fingerprint density at radius 1 is 1.70 bits per heavy atom. The molecular formula is C3H5N2O2PS2. The Kier molecular flexibility index (Phi) is 2.49. The predicted octanol–water partition coefficient (Wildman–Crippen LogP) is 0.711. The molecule has 1 rings (SSSR count). The van der Waals surface area contributed by atoms with Crippen LogP contribution in [-0.2, 0) is 11.8 Å². The zero-order valence-corrected chi connectivity index (χ0v) is 7.29. The largest absolute Gasteiger partial charge is 0.337 e. The van der Waals surface area contributed by atoms with Crippen LogP contribution in [0, 0.1) is 0 Å². The van der Waals surface area contributed by atoms with E-state index in [1.165, 1.54) is 6.20 Å². The lowest BCUT2D eigenvalue weighted by Gasteiger charge is -2.01. The number of H-pyrrole nitrogens is 1. The van der Waals surface area contributed by atoms with Crippen LogP contribution in [0.2, 0.25) is 0 Å². The van der Waals surface area contributed by atoms with Crippen molar-refractivity contribution in [1.82, 2.24) is 10.2 Å². The second-order valence-corrected chi connectivity index (χ2v) is 7.40. The molecular weight excluding hydrogens is 191 g/mol. The van der Waals surface area contributed by atoms with Crippen LogP contribution in [-0.4, -0.2) is 20.0 Å². The number of rotatable bonds is 2. The molecule has 0 saturated heterocycles. The second kappa shape index (κ2) is 3.02. The van der Waals surface area contributed by atoms with Crippen molar-refractivity contribution in [3.8, 4) is 0 Å². The summed E-state index contributed by atoms with van der Waals surface area (Å²) in [5, 5.41) is 6.73. The minimum Gasteiger partial charge on any atom is -0.337 e. The number of hydrogen-bond donors (Lipinski definition) is 3. The Bertz CT molecular complexity index is 243.